The number of hydrazone groups is 1. The molecule has 3 rings (SSSR count). The predicted octanol–water partition coefficient (Wildman–Crippen LogP) is 4.17. The Morgan fingerprint density at radius 1 is 1.00 bits per heavy atom. The van der Waals surface area contributed by atoms with E-state index >= 15 is 0 Å². The molecule has 3 aromatic carbocycles. The Bertz CT molecular complexity index is 1270. The van der Waals surface area contributed by atoms with Gasteiger partial charge in [-0.05, 0) is 54.1 Å². The lowest BCUT2D eigenvalue weighted by atomic mass is 10.1. The zero-order valence-electron chi connectivity index (χ0n) is 17.7. The topological polar surface area (TPSA) is 94.1 Å². The number of benzene rings is 3. The lowest BCUT2D eigenvalue weighted by Gasteiger charge is -2.11. The van der Waals surface area contributed by atoms with Crippen LogP contribution in [-0.2, 0) is 27.5 Å². The summed E-state index contributed by atoms with van der Waals surface area (Å²) in [5.74, 6) is 0.137. The molecule has 0 atom stereocenters. The zero-order valence-corrected chi connectivity index (χ0v) is 18.6. The molecule has 0 aliphatic heterocycles. The number of hydrogen-bond acceptors (Lipinski definition) is 6. The summed E-state index contributed by atoms with van der Waals surface area (Å²) in [5, 5.41) is 3.82. The molecule has 0 saturated carbocycles. The van der Waals surface area contributed by atoms with Gasteiger partial charge in [0.05, 0.1) is 25.3 Å². The number of nitrogens with zero attached hydrogens (tertiary/aromatic N) is 1. The van der Waals surface area contributed by atoms with Crippen molar-refractivity contribution in [3.63, 3.8) is 0 Å². The summed E-state index contributed by atoms with van der Waals surface area (Å²) in [6.45, 7) is 0. The Labute approximate surface area is 194 Å². The highest BCUT2D eigenvalue weighted by atomic mass is 32.2. The summed E-state index contributed by atoms with van der Waals surface area (Å²) >= 11 is 0. The van der Waals surface area contributed by atoms with E-state index in [1.807, 2.05) is 0 Å². The molecule has 178 valence electrons. The number of alkyl halides is 3. The molecule has 0 aromatic heterocycles. The van der Waals surface area contributed by atoms with Gasteiger partial charge in [-0.2, -0.15) is 26.7 Å². The van der Waals surface area contributed by atoms with Crippen molar-refractivity contribution in [1.82, 2.24) is 5.43 Å². The minimum Gasteiger partial charge on any atom is -0.497 e. The van der Waals surface area contributed by atoms with Crippen LogP contribution in [0.1, 0.15) is 16.7 Å². The first-order valence-corrected chi connectivity index (χ1v) is 11.1. The zero-order chi connectivity index (χ0) is 24.8. The molecule has 0 heterocycles. The summed E-state index contributed by atoms with van der Waals surface area (Å²) in [5.41, 5.74) is 2.32. The van der Waals surface area contributed by atoms with Crippen LogP contribution in [0.3, 0.4) is 0 Å². The van der Waals surface area contributed by atoms with Crippen LogP contribution in [0.2, 0.25) is 0 Å². The number of methoxy groups -OCH3 is 1. The third-order valence-electron chi connectivity index (χ3n) is 4.51. The van der Waals surface area contributed by atoms with Crippen molar-refractivity contribution in [1.29, 1.82) is 0 Å². The van der Waals surface area contributed by atoms with Crippen LogP contribution in [-0.4, -0.2) is 27.6 Å². The van der Waals surface area contributed by atoms with Crippen molar-refractivity contribution in [2.45, 2.75) is 17.5 Å². The quantitative estimate of drug-likeness (QED) is 0.289. The lowest BCUT2D eigenvalue weighted by Crippen LogP contribution is -2.19. The molecule has 7 nitrogen and oxygen atoms in total. The Morgan fingerprint density at radius 3 is 2.26 bits per heavy atom. The normalized spacial score (nSPS) is 11.9. The van der Waals surface area contributed by atoms with Crippen molar-refractivity contribution >= 4 is 22.2 Å². The van der Waals surface area contributed by atoms with Crippen LogP contribution in [0, 0.1) is 0 Å². The molecule has 0 unspecified atom stereocenters. The molecule has 0 radical (unpaired) electrons. The van der Waals surface area contributed by atoms with Gasteiger partial charge in [0, 0.05) is 5.56 Å². The fourth-order valence-electron chi connectivity index (χ4n) is 2.78. The Morgan fingerprint density at radius 2 is 1.65 bits per heavy atom. The van der Waals surface area contributed by atoms with Crippen LogP contribution in [0.25, 0.3) is 0 Å². The molecule has 11 heteroatoms. The van der Waals surface area contributed by atoms with Gasteiger partial charge in [0.1, 0.15) is 10.6 Å². The monoisotopic (exact) mass is 492 g/mol. The Hall–Kier alpha value is -3.86. The molecular weight excluding hydrogens is 473 g/mol. The number of hydrogen-bond donors (Lipinski definition) is 1. The van der Waals surface area contributed by atoms with Gasteiger partial charge in [0.25, 0.3) is 0 Å². The Kier molecular flexibility index (Phi) is 7.57. The molecule has 0 bridgehead atoms. The van der Waals surface area contributed by atoms with Crippen LogP contribution in [0.5, 0.6) is 11.5 Å². The molecule has 0 fully saturated rings. The minimum atomic E-state index is -4.59. The molecule has 1 amide bonds. The van der Waals surface area contributed by atoms with E-state index in [1.165, 1.54) is 31.5 Å². The first-order valence-electron chi connectivity index (χ1n) is 9.74. The van der Waals surface area contributed by atoms with E-state index in [2.05, 4.69) is 10.5 Å². The van der Waals surface area contributed by atoms with Crippen molar-refractivity contribution in [3.8, 4) is 11.5 Å². The van der Waals surface area contributed by atoms with Gasteiger partial charge >= 0.3 is 16.3 Å². The maximum atomic E-state index is 12.7. The number of rotatable bonds is 8. The fourth-order valence-corrected chi connectivity index (χ4v) is 3.74. The number of carbonyl (C=O) groups is 1. The number of carbonyl (C=O) groups excluding carboxylic acids is 1. The number of ether oxygens (including phenoxy) is 1. The van der Waals surface area contributed by atoms with Crippen LogP contribution < -0.4 is 14.3 Å². The van der Waals surface area contributed by atoms with E-state index < -0.39 is 32.7 Å². The van der Waals surface area contributed by atoms with Crippen LogP contribution in [0.4, 0.5) is 13.2 Å². The Balaban J connectivity index is 1.67. The minimum absolute atomic E-state index is 0.0573. The summed E-state index contributed by atoms with van der Waals surface area (Å²) in [4.78, 5) is 11.6. The highest BCUT2D eigenvalue weighted by molar-refractivity contribution is 7.87. The van der Waals surface area contributed by atoms with E-state index in [0.717, 1.165) is 17.7 Å². The standard InChI is InChI=1S/C23H19F3N2O5S/c1-32-19-10-6-16(7-11-19)14-22(29)28-27-15-17-4-2-3-5-21(17)33-34(30,31)20-12-8-18(9-13-20)23(24,25)26/h2-13,15H,14H2,1H3,(H,28,29)/b27-15+. The maximum absolute atomic E-state index is 12.7. The number of amides is 1. The van der Waals surface area contributed by atoms with Gasteiger partial charge in [-0.3, -0.25) is 4.79 Å². The van der Waals surface area contributed by atoms with E-state index in [9.17, 15) is 26.4 Å². The van der Waals surface area contributed by atoms with Crippen molar-refractivity contribution < 1.29 is 35.3 Å². The first kappa shape index (κ1) is 24.8. The van der Waals surface area contributed by atoms with Gasteiger partial charge in [0.15, 0.2) is 5.75 Å². The fraction of sp³-hybridized carbons (Fsp3) is 0.130. The summed E-state index contributed by atoms with van der Waals surface area (Å²) < 4.78 is 73.3. The molecule has 0 aliphatic carbocycles. The molecule has 0 spiro atoms. The van der Waals surface area contributed by atoms with E-state index in [1.54, 1.807) is 30.3 Å². The first-order chi connectivity index (χ1) is 16.1. The van der Waals surface area contributed by atoms with Gasteiger partial charge in [-0.15, -0.1) is 0 Å². The molecule has 0 aliphatic rings. The second kappa shape index (κ2) is 10.4. The van der Waals surface area contributed by atoms with E-state index in [0.29, 0.717) is 17.9 Å². The summed E-state index contributed by atoms with van der Waals surface area (Å²) in [7, 11) is -2.88. The SMILES string of the molecule is COc1ccc(CC(=O)N/N=C/c2ccccc2OS(=O)(=O)c2ccc(C(F)(F)F)cc2)cc1. The third-order valence-corrected chi connectivity index (χ3v) is 5.75. The van der Waals surface area contributed by atoms with Gasteiger partial charge < -0.3 is 8.92 Å². The second-order valence-corrected chi connectivity index (χ2v) is 8.46. The second-order valence-electron chi connectivity index (χ2n) is 6.92. The lowest BCUT2D eigenvalue weighted by molar-refractivity contribution is -0.137. The maximum Gasteiger partial charge on any atom is 0.416 e. The van der Waals surface area contributed by atoms with Gasteiger partial charge in [-0.25, -0.2) is 5.43 Å². The summed E-state index contributed by atoms with van der Waals surface area (Å²) in [6, 6.07) is 15.8. The van der Waals surface area contributed by atoms with Crippen molar-refractivity contribution in [2.75, 3.05) is 7.11 Å². The largest absolute Gasteiger partial charge is 0.497 e. The highest BCUT2D eigenvalue weighted by Gasteiger charge is 2.31. The van der Waals surface area contributed by atoms with Crippen LogP contribution >= 0.6 is 0 Å². The average molecular weight is 492 g/mol. The molecule has 0 saturated heterocycles. The molecular formula is C23H19F3N2O5S. The molecule has 34 heavy (non-hydrogen) atoms. The highest BCUT2D eigenvalue weighted by Crippen LogP contribution is 2.30. The van der Waals surface area contributed by atoms with Gasteiger partial charge in [-0.1, -0.05) is 24.3 Å². The van der Waals surface area contributed by atoms with E-state index in [4.69, 9.17) is 8.92 Å². The number of nitrogens with one attached hydrogen (secondary N) is 1. The molecule has 1 N–H and O–H groups in total. The number of para-hydroxylation sites is 1. The van der Waals surface area contributed by atoms with Crippen molar-refractivity contribution in [3.05, 3.63) is 89.5 Å². The predicted molar refractivity (Wildman–Crippen MR) is 118 cm³/mol. The number of halogens is 3. The summed E-state index contributed by atoms with van der Waals surface area (Å²) in [6.07, 6.45) is -3.34. The molecule has 3 aromatic rings. The average Bonchev–Trinajstić information content (AvgIpc) is 2.80. The van der Waals surface area contributed by atoms with Crippen LogP contribution in [0.15, 0.2) is 82.8 Å². The third kappa shape index (κ3) is 6.58. The van der Waals surface area contributed by atoms with Gasteiger partial charge in [0.2, 0.25) is 5.91 Å². The smallest absolute Gasteiger partial charge is 0.416 e. The van der Waals surface area contributed by atoms with Crippen molar-refractivity contribution in [2.24, 2.45) is 5.10 Å². The van der Waals surface area contributed by atoms with E-state index in [-0.39, 0.29) is 17.7 Å².